The number of anilines is 2. The van der Waals surface area contributed by atoms with Crippen LogP contribution >= 0.6 is 0 Å². The smallest absolute Gasteiger partial charge is 0.270 e. The van der Waals surface area contributed by atoms with Crippen molar-refractivity contribution in [3.8, 4) is 11.5 Å². The topological polar surface area (TPSA) is 111 Å². The van der Waals surface area contributed by atoms with Crippen molar-refractivity contribution in [1.82, 2.24) is 4.98 Å². The van der Waals surface area contributed by atoms with Crippen molar-refractivity contribution in [3.05, 3.63) is 80.9 Å². The van der Waals surface area contributed by atoms with E-state index in [0.717, 1.165) is 33.4 Å². The predicted molar refractivity (Wildman–Crippen MR) is 138 cm³/mol. The molecule has 36 heavy (non-hydrogen) atoms. The van der Waals surface area contributed by atoms with E-state index in [1.165, 1.54) is 12.1 Å². The minimum Gasteiger partial charge on any atom is -0.436 e. The number of benzene rings is 3. The number of hydrogen-bond donors (Lipinski definition) is 1. The number of aryl methyl sites for hydroxylation is 3. The molecule has 0 spiro atoms. The molecule has 1 fully saturated rings. The number of hydrogen-bond acceptors (Lipinski definition) is 7. The van der Waals surface area contributed by atoms with Crippen LogP contribution in [0.25, 0.3) is 22.6 Å². The van der Waals surface area contributed by atoms with Crippen molar-refractivity contribution in [1.29, 1.82) is 0 Å². The van der Waals surface area contributed by atoms with Gasteiger partial charge in [-0.3, -0.25) is 14.9 Å². The van der Waals surface area contributed by atoms with E-state index in [1.807, 2.05) is 56.0 Å². The van der Waals surface area contributed by atoms with Gasteiger partial charge in [-0.1, -0.05) is 12.1 Å². The molecule has 2 heterocycles. The Morgan fingerprint density at radius 1 is 1.03 bits per heavy atom. The molecule has 4 aromatic rings. The van der Waals surface area contributed by atoms with Gasteiger partial charge in [0.05, 0.1) is 29.4 Å². The van der Waals surface area contributed by atoms with Gasteiger partial charge in [-0.15, -0.1) is 0 Å². The zero-order valence-electron chi connectivity index (χ0n) is 20.3. The minimum absolute atomic E-state index is 0.139. The normalized spacial score (nSPS) is 13.7. The molecule has 0 bridgehead atoms. The van der Waals surface area contributed by atoms with E-state index in [2.05, 4.69) is 10.3 Å². The molecule has 184 valence electrons. The van der Waals surface area contributed by atoms with Crippen molar-refractivity contribution in [3.63, 3.8) is 0 Å². The Kier molecular flexibility index (Phi) is 6.15. The quantitative estimate of drug-likeness (QED) is 0.296. The summed E-state index contributed by atoms with van der Waals surface area (Å²) in [6, 6.07) is 14.0. The number of morpholine rings is 1. The molecule has 1 N–H and O–H groups in total. The van der Waals surface area contributed by atoms with Crippen molar-refractivity contribution in [2.45, 2.75) is 20.8 Å². The first-order valence-electron chi connectivity index (χ1n) is 11.7. The number of carbonyl (C=O) groups excluding carboxylic acids is 1. The molecule has 0 aliphatic carbocycles. The summed E-state index contributed by atoms with van der Waals surface area (Å²) in [6.45, 7) is 8.14. The standard InChI is InChI=1S/C27H26N4O5/c1-16-12-18(3)25-23(13-16)29-27(36-25)19-5-4-17(2)22(14-19)28-26(32)21-15-20(31(33)34)6-7-24(21)30-8-10-35-11-9-30/h4-7,12-15H,8-11H2,1-3H3,(H,28,32). The highest BCUT2D eigenvalue weighted by Gasteiger charge is 2.23. The van der Waals surface area contributed by atoms with Gasteiger partial charge in [-0.2, -0.15) is 0 Å². The highest BCUT2D eigenvalue weighted by atomic mass is 16.6. The first-order chi connectivity index (χ1) is 17.3. The van der Waals surface area contributed by atoms with Gasteiger partial charge < -0.3 is 19.4 Å². The molecule has 1 saturated heterocycles. The molecule has 0 atom stereocenters. The van der Waals surface area contributed by atoms with Crippen LogP contribution in [0.15, 0.2) is 52.9 Å². The number of carbonyl (C=O) groups is 1. The SMILES string of the molecule is Cc1cc(C)c2oc(-c3ccc(C)c(NC(=O)c4cc([N+](=O)[O-])ccc4N4CCOCC4)c3)nc2c1. The Balaban J connectivity index is 1.49. The third kappa shape index (κ3) is 4.52. The fraction of sp³-hybridized carbons (Fsp3) is 0.259. The molecule has 1 amide bonds. The second kappa shape index (κ2) is 9.43. The molecular formula is C27H26N4O5. The van der Waals surface area contributed by atoms with E-state index in [1.54, 1.807) is 6.07 Å². The maximum absolute atomic E-state index is 13.4. The van der Waals surface area contributed by atoms with Crippen molar-refractivity contribution in [2.75, 3.05) is 36.5 Å². The largest absolute Gasteiger partial charge is 0.436 e. The van der Waals surface area contributed by atoms with E-state index in [-0.39, 0.29) is 11.3 Å². The number of rotatable bonds is 5. The Morgan fingerprint density at radius 3 is 2.56 bits per heavy atom. The molecule has 0 radical (unpaired) electrons. The molecule has 0 saturated carbocycles. The van der Waals surface area contributed by atoms with Gasteiger partial charge in [0.2, 0.25) is 5.89 Å². The third-order valence-corrected chi connectivity index (χ3v) is 6.34. The monoisotopic (exact) mass is 486 g/mol. The van der Waals surface area contributed by atoms with Crippen molar-refractivity contribution >= 4 is 34.1 Å². The number of fused-ring (bicyclic) bond motifs is 1. The number of amides is 1. The van der Waals surface area contributed by atoms with E-state index >= 15 is 0 Å². The van der Waals surface area contributed by atoms with Crippen LogP contribution in [0.4, 0.5) is 17.1 Å². The summed E-state index contributed by atoms with van der Waals surface area (Å²) in [5.41, 5.74) is 6.49. The van der Waals surface area contributed by atoms with Gasteiger partial charge in [0, 0.05) is 36.5 Å². The Bertz CT molecular complexity index is 1490. The molecular weight excluding hydrogens is 460 g/mol. The maximum Gasteiger partial charge on any atom is 0.270 e. The Hall–Kier alpha value is -4.24. The molecule has 9 nitrogen and oxygen atoms in total. The van der Waals surface area contributed by atoms with Gasteiger partial charge in [-0.05, 0) is 61.7 Å². The molecule has 1 aliphatic heterocycles. The Morgan fingerprint density at radius 2 is 1.81 bits per heavy atom. The van der Waals surface area contributed by atoms with Crippen LogP contribution in [0.3, 0.4) is 0 Å². The summed E-state index contributed by atoms with van der Waals surface area (Å²) in [4.78, 5) is 31.0. The fourth-order valence-corrected chi connectivity index (χ4v) is 4.48. The number of nitrogens with zero attached hydrogens (tertiary/aromatic N) is 3. The van der Waals surface area contributed by atoms with Crippen LogP contribution < -0.4 is 10.2 Å². The molecule has 3 aromatic carbocycles. The first-order valence-corrected chi connectivity index (χ1v) is 11.7. The lowest BCUT2D eigenvalue weighted by Gasteiger charge is -2.30. The third-order valence-electron chi connectivity index (χ3n) is 6.34. The summed E-state index contributed by atoms with van der Waals surface area (Å²) in [5, 5.41) is 14.4. The summed E-state index contributed by atoms with van der Waals surface area (Å²) >= 11 is 0. The second-order valence-electron chi connectivity index (χ2n) is 8.99. The van der Waals surface area contributed by atoms with Gasteiger partial charge in [0.1, 0.15) is 5.52 Å². The average molecular weight is 487 g/mol. The van der Waals surface area contributed by atoms with E-state index < -0.39 is 10.8 Å². The molecule has 5 rings (SSSR count). The van der Waals surface area contributed by atoms with Crippen LogP contribution in [0.5, 0.6) is 0 Å². The lowest BCUT2D eigenvalue weighted by atomic mass is 10.1. The van der Waals surface area contributed by atoms with Crippen LogP contribution in [0.1, 0.15) is 27.0 Å². The number of aromatic nitrogens is 1. The zero-order chi connectivity index (χ0) is 25.4. The average Bonchev–Trinajstić information content (AvgIpc) is 3.30. The van der Waals surface area contributed by atoms with Crippen molar-refractivity contribution < 1.29 is 18.9 Å². The zero-order valence-corrected chi connectivity index (χ0v) is 20.3. The van der Waals surface area contributed by atoms with Crippen LogP contribution in [0, 0.1) is 30.9 Å². The summed E-state index contributed by atoms with van der Waals surface area (Å²) in [7, 11) is 0. The minimum atomic E-state index is -0.497. The second-order valence-corrected chi connectivity index (χ2v) is 8.99. The molecule has 1 aliphatic rings. The number of nitrogens with one attached hydrogen (secondary N) is 1. The van der Waals surface area contributed by atoms with Crippen molar-refractivity contribution in [2.24, 2.45) is 0 Å². The summed E-state index contributed by atoms with van der Waals surface area (Å²) in [5.74, 6) is 0.0306. The van der Waals surface area contributed by atoms with E-state index in [4.69, 9.17) is 9.15 Å². The number of ether oxygens (including phenoxy) is 1. The summed E-state index contributed by atoms with van der Waals surface area (Å²) in [6.07, 6.45) is 0. The highest BCUT2D eigenvalue weighted by Crippen LogP contribution is 2.31. The molecule has 9 heteroatoms. The predicted octanol–water partition coefficient (Wildman–Crippen LogP) is 5.42. The van der Waals surface area contributed by atoms with E-state index in [0.29, 0.717) is 43.6 Å². The van der Waals surface area contributed by atoms with Crippen LogP contribution in [-0.4, -0.2) is 42.1 Å². The number of nitro benzene ring substituents is 1. The lowest BCUT2D eigenvalue weighted by Crippen LogP contribution is -2.37. The molecule has 0 unspecified atom stereocenters. The van der Waals surface area contributed by atoms with Crippen LogP contribution in [-0.2, 0) is 4.74 Å². The Labute approximate surface area is 207 Å². The van der Waals surface area contributed by atoms with Gasteiger partial charge in [0.25, 0.3) is 11.6 Å². The van der Waals surface area contributed by atoms with Gasteiger partial charge >= 0.3 is 0 Å². The number of nitro groups is 1. The first kappa shape index (κ1) is 23.5. The fourth-order valence-electron chi connectivity index (χ4n) is 4.48. The van der Waals surface area contributed by atoms with Crippen LogP contribution in [0.2, 0.25) is 0 Å². The van der Waals surface area contributed by atoms with Gasteiger partial charge in [-0.25, -0.2) is 4.98 Å². The number of non-ortho nitro benzene ring substituents is 1. The maximum atomic E-state index is 13.4. The molecule has 1 aromatic heterocycles. The van der Waals surface area contributed by atoms with Gasteiger partial charge in [0.15, 0.2) is 5.58 Å². The highest BCUT2D eigenvalue weighted by molar-refractivity contribution is 6.09. The number of oxazole rings is 1. The summed E-state index contributed by atoms with van der Waals surface area (Å²) < 4.78 is 11.5. The lowest BCUT2D eigenvalue weighted by molar-refractivity contribution is -0.384. The van der Waals surface area contributed by atoms with E-state index in [9.17, 15) is 14.9 Å².